The lowest BCUT2D eigenvalue weighted by atomic mass is 10.1. The van der Waals surface area contributed by atoms with Crippen molar-refractivity contribution in [2.24, 2.45) is 0 Å². The molecule has 1 unspecified atom stereocenters. The minimum absolute atomic E-state index is 0.0176. The SMILES string of the molecule is CCSCCC(C)NC(=O)c1cccc(CCl)c1. The molecule has 18 heavy (non-hydrogen) atoms. The standard InChI is InChI=1S/C14H20ClNOS/c1-3-18-8-7-11(2)16-14(17)13-6-4-5-12(9-13)10-15/h4-6,9,11H,3,7-8,10H2,1-2H3,(H,16,17). The maximum Gasteiger partial charge on any atom is 0.251 e. The predicted octanol–water partition coefficient (Wildman–Crippen LogP) is 3.69. The van der Waals surface area contributed by atoms with Crippen molar-refractivity contribution in [3.63, 3.8) is 0 Å². The third-order valence-electron chi connectivity index (χ3n) is 2.62. The van der Waals surface area contributed by atoms with Crippen LogP contribution in [-0.2, 0) is 5.88 Å². The zero-order chi connectivity index (χ0) is 13.4. The van der Waals surface area contributed by atoms with E-state index in [4.69, 9.17) is 11.6 Å². The molecule has 0 aliphatic carbocycles. The number of carbonyl (C=O) groups excluding carboxylic acids is 1. The molecule has 1 N–H and O–H groups in total. The number of rotatable bonds is 7. The largest absolute Gasteiger partial charge is 0.350 e. The van der Waals surface area contributed by atoms with Crippen LogP contribution in [0, 0.1) is 0 Å². The molecule has 1 aromatic carbocycles. The molecule has 100 valence electrons. The van der Waals surface area contributed by atoms with Crippen LogP contribution in [0.4, 0.5) is 0 Å². The van der Waals surface area contributed by atoms with E-state index in [-0.39, 0.29) is 11.9 Å². The monoisotopic (exact) mass is 285 g/mol. The number of alkyl halides is 1. The summed E-state index contributed by atoms with van der Waals surface area (Å²) in [4.78, 5) is 12.0. The van der Waals surface area contributed by atoms with Crippen molar-refractivity contribution in [1.82, 2.24) is 5.32 Å². The Labute approximate surface area is 118 Å². The molecule has 0 spiro atoms. The summed E-state index contributed by atoms with van der Waals surface area (Å²) < 4.78 is 0. The van der Waals surface area contributed by atoms with Gasteiger partial charge in [0.25, 0.3) is 5.91 Å². The lowest BCUT2D eigenvalue weighted by molar-refractivity contribution is 0.0939. The van der Waals surface area contributed by atoms with E-state index in [1.165, 1.54) is 0 Å². The van der Waals surface area contributed by atoms with Crippen molar-refractivity contribution < 1.29 is 4.79 Å². The normalized spacial score (nSPS) is 12.2. The van der Waals surface area contributed by atoms with Gasteiger partial charge >= 0.3 is 0 Å². The minimum Gasteiger partial charge on any atom is -0.350 e. The Morgan fingerprint density at radius 1 is 1.50 bits per heavy atom. The Kier molecular flexibility index (Phi) is 7.21. The number of thioether (sulfide) groups is 1. The van der Waals surface area contributed by atoms with Gasteiger partial charge in [0.1, 0.15) is 0 Å². The van der Waals surface area contributed by atoms with E-state index in [9.17, 15) is 4.79 Å². The van der Waals surface area contributed by atoms with E-state index in [1.807, 2.05) is 43.0 Å². The molecule has 1 rings (SSSR count). The zero-order valence-electron chi connectivity index (χ0n) is 10.9. The number of carbonyl (C=O) groups is 1. The van der Waals surface area contributed by atoms with Gasteiger partial charge in [-0.25, -0.2) is 0 Å². The molecule has 0 saturated heterocycles. The fourth-order valence-corrected chi connectivity index (χ4v) is 2.55. The maximum absolute atomic E-state index is 12.0. The molecule has 0 aliphatic rings. The molecule has 0 bridgehead atoms. The molecule has 0 aromatic heterocycles. The highest BCUT2D eigenvalue weighted by Gasteiger charge is 2.09. The Hall–Kier alpha value is -0.670. The van der Waals surface area contributed by atoms with Gasteiger partial charge in [-0.1, -0.05) is 19.1 Å². The van der Waals surface area contributed by atoms with E-state index in [1.54, 1.807) is 0 Å². The van der Waals surface area contributed by atoms with Gasteiger partial charge < -0.3 is 5.32 Å². The lowest BCUT2D eigenvalue weighted by Crippen LogP contribution is -2.33. The molecular formula is C14H20ClNOS. The molecule has 0 radical (unpaired) electrons. The molecule has 1 atom stereocenters. The summed E-state index contributed by atoms with van der Waals surface area (Å²) >= 11 is 7.66. The minimum atomic E-state index is -0.0176. The number of hydrogen-bond donors (Lipinski definition) is 1. The van der Waals surface area contributed by atoms with Crippen molar-refractivity contribution >= 4 is 29.3 Å². The number of benzene rings is 1. The third-order valence-corrected chi connectivity index (χ3v) is 3.86. The average Bonchev–Trinajstić information content (AvgIpc) is 2.39. The summed E-state index contributed by atoms with van der Waals surface area (Å²) in [5.41, 5.74) is 1.65. The second-order valence-electron chi connectivity index (χ2n) is 4.19. The smallest absolute Gasteiger partial charge is 0.251 e. The van der Waals surface area contributed by atoms with Crippen LogP contribution in [-0.4, -0.2) is 23.5 Å². The van der Waals surface area contributed by atoms with Crippen LogP contribution in [0.15, 0.2) is 24.3 Å². The van der Waals surface area contributed by atoms with Crippen molar-refractivity contribution in [1.29, 1.82) is 0 Å². The number of halogens is 1. The highest BCUT2D eigenvalue weighted by Crippen LogP contribution is 2.09. The molecular weight excluding hydrogens is 266 g/mol. The number of hydrogen-bond acceptors (Lipinski definition) is 2. The summed E-state index contributed by atoms with van der Waals surface area (Å²) in [7, 11) is 0. The predicted molar refractivity (Wildman–Crippen MR) is 80.5 cm³/mol. The van der Waals surface area contributed by atoms with Gasteiger partial charge in [0.05, 0.1) is 0 Å². The van der Waals surface area contributed by atoms with E-state index in [0.29, 0.717) is 11.4 Å². The van der Waals surface area contributed by atoms with E-state index in [0.717, 1.165) is 23.5 Å². The van der Waals surface area contributed by atoms with Crippen molar-refractivity contribution in [3.8, 4) is 0 Å². The summed E-state index contributed by atoms with van der Waals surface area (Å²) in [6, 6.07) is 7.65. The quantitative estimate of drug-likeness (QED) is 0.611. The summed E-state index contributed by atoms with van der Waals surface area (Å²) in [5.74, 6) is 2.62. The maximum atomic E-state index is 12.0. The first kappa shape index (κ1) is 15.4. The Balaban J connectivity index is 2.48. The Morgan fingerprint density at radius 3 is 2.94 bits per heavy atom. The van der Waals surface area contributed by atoms with Crippen LogP contribution in [0.2, 0.25) is 0 Å². The van der Waals surface area contributed by atoms with Crippen LogP contribution < -0.4 is 5.32 Å². The van der Waals surface area contributed by atoms with Gasteiger partial charge in [0, 0.05) is 17.5 Å². The molecule has 0 heterocycles. The van der Waals surface area contributed by atoms with Crippen molar-refractivity contribution in [3.05, 3.63) is 35.4 Å². The summed E-state index contributed by atoms with van der Waals surface area (Å²) in [6.45, 7) is 4.19. The first-order valence-corrected chi connectivity index (χ1v) is 7.89. The molecule has 0 fully saturated rings. The fourth-order valence-electron chi connectivity index (χ4n) is 1.58. The highest BCUT2D eigenvalue weighted by atomic mass is 35.5. The van der Waals surface area contributed by atoms with Crippen molar-refractivity contribution in [2.45, 2.75) is 32.2 Å². The molecule has 1 aromatic rings. The highest BCUT2D eigenvalue weighted by molar-refractivity contribution is 7.99. The van der Waals surface area contributed by atoms with E-state index < -0.39 is 0 Å². The van der Waals surface area contributed by atoms with E-state index in [2.05, 4.69) is 12.2 Å². The van der Waals surface area contributed by atoms with Gasteiger partial charge in [-0.3, -0.25) is 4.79 Å². The Bertz CT molecular complexity index is 384. The van der Waals surface area contributed by atoms with Gasteiger partial charge in [0.15, 0.2) is 0 Å². The van der Waals surface area contributed by atoms with Gasteiger partial charge in [-0.2, -0.15) is 11.8 Å². The number of nitrogens with one attached hydrogen (secondary N) is 1. The third kappa shape index (κ3) is 5.32. The van der Waals surface area contributed by atoms with Gasteiger partial charge in [0.2, 0.25) is 0 Å². The van der Waals surface area contributed by atoms with Gasteiger partial charge in [-0.05, 0) is 42.5 Å². The fraction of sp³-hybridized carbons (Fsp3) is 0.500. The topological polar surface area (TPSA) is 29.1 Å². The first-order valence-electron chi connectivity index (χ1n) is 6.21. The zero-order valence-corrected chi connectivity index (χ0v) is 12.5. The van der Waals surface area contributed by atoms with Crippen LogP contribution in [0.3, 0.4) is 0 Å². The van der Waals surface area contributed by atoms with Crippen LogP contribution in [0.1, 0.15) is 36.2 Å². The second kappa shape index (κ2) is 8.44. The summed E-state index contributed by atoms with van der Waals surface area (Å²) in [5, 5.41) is 3.01. The van der Waals surface area contributed by atoms with Crippen molar-refractivity contribution in [2.75, 3.05) is 11.5 Å². The molecule has 2 nitrogen and oxygen atoms in total. The lowest BCUT2D eigenvalue weighted by Gasteiger charge is -2.13. The Morgan fingerprint density at radius 2 is 2.28 bits per heavy atom. The average molecular weight is 286 g/mol. The van der Waals surface area contributed by atoms with Crippen LogP contribution >= 0.6 is 23.4 Å². The number of amides is 1. The molecule has 0 aliphatic heterocycles. The van der Waals surface area contributed by atoms with Crippen LogP contribution in [0.5, 0.6) is 0 Å². The van der Waals surface area contributed by atoms with E-state index >= 15 is 0 Å². The first-order chi connectivity index (χ1) is 8.67. The van der Waals surface area contributed by atoms with Crippen LogP contribution in [0.25, 0.3) is 0 Å². The molecule has 1 amide bonds. The second-order valence-corrected chi connectivity index (χ2v) is 5.86. The van der Waals surface area contributed by atoms with Gasteiger partial charge in [-0.15, -0.1) is 11.6 Å². The summed E-state index contributed by atoms with van der Waals surface area (Å²) in [6.07, 6.45) is 0.999. The molecule has 0 saturated carbocycles. The molecule has 4 heteroatoms.